The molecule has 2 amide bonds. The highest BCUT2D eigenvalue weighted by Crippen LogP contribution is 2.11. The van der Waals surface area contributed by atoms with Crippen molar-refractivity contribution in [3.05, 3.63) is 11.9 Å². The SMILES string of the molecule is O=C(O)Cn1cc(CNC(=O)NCC(F)(F)F)nn1. The normalized spacial score (nSPS) is 11.1. The van der Waals surface area contributed by atoms with Crippen molar-refractivity contribution >= 4 is 12.0 Å². The lowest BCUT2D eigenvalue weighted by atomic mass is 10.4. The summed E-state index contributed by atoms with van der Waals surface area (Å²) in [5.41, 5.74) is 0.225. The Morgan fingerprint density at radius 2 is 2.05 bits per heavy atom. The fourth-order valence-electron chi connectivity index (χ4n) is 1.05. The summed E-state index contributed by atoms with van der Waals surface area (Å²) in [4.78, 5) is 21.3. The van der Waals surface area contributed by atoms with Gasteiger partial charge in [0.2, 0.25) is 0 Å². The topological polar surface area (TPSA) is 109 Å². The van der Waals surface area contributed by atoms with Crippen LogP contribution in [0.5, 0.6) is 0 Å². The average molecular weight is 281 g/mol. The molecule has 0 aromatic carbocycles. The van der Waals surface area contributed by atoms with Crippen LogP contribution in [0.2, 0.25) is 0 Å². The zero-order valence-corrected chi connectivity index (χ0v) is 9.44. The third-order valence-electron chi connectivity index (χ3n) is 1.76. The third-order valence-corrected chi connectivity index (χ3v) is 1.76. The van der Waals surface area contributed by atoms with Crippen LogP contribution in [0.4, 0.5) is 18.0 Å². The van der Waals surface area contributed by atoms with Gasteiger partial charge in [-0.15, -0.1) is 5.10 Å². The fraction of sp³-hybridized carbons (Fsp3) is 0.500. The van der Waals surface area contributed by atoms with E-state index in [1.54, 1.807) is 5.32 Å². The van der Waals surface area contributed by atoms with Crippen molar-refractivity contribution < 1.29 is 27.9 Å². The Bertz CT molecular complexity index is 459. The van der Waals surface area contributed by atoms with Gasteiger partial charge in [0.05, 0.1) is 12.7 Å². The van der Waals surface area contributed by atoms with Crippen LogP contribution in [-0.2, 0) is 17.9 Å². The van der Waals surface area contributed by atoms with E-state index in [4.69, 9.17) is 5.11 Å². The van der Waals surface area contributed by atoms with Crippen LogP contribution in [0.1, 0.15) is 5.69 Å². The highest BCUT2D eigenvalue weighted by molar-refractivity contribution is 5.73. The number of carbonyl (C=O) groups is 2. The van der Waals surface area contributed by atoms with Crippen LogP contribution in [0.15, 0.2) is 6.20 Å². The smallest absolute Gasteiger partial charge is 0.405 e. The van der Waals surface area contributed by atoms with Crippen molar-refractivity contribution in [2.24, 2.45) is 0 Å². The molecule has 0 aliphatic carbocycles. The lowest BCUT2D eigenvalue weighted by Gasteiger charge is -2.08. The van der Waals surface area contributed by atoms with Crippen molar-refractivity contribution in [3.63, 3.8) is 0 Å². The maximum atomic E-state index is 11.8. The number of carboxylic acids is 1. The molecule has 0 unspecified atom stereocenters. The Labute approximate surface area is 104 Å². The van der Waals surface area contributed by atoms with Crippen LogP contribution in [0, 0.1) is 0 Å². The van der Waals surface area contributed by atoms with E-state index in [9.17, 15) is 22.8 Å². The molecule has 0 bridgehead atoms. The lowest BCUT2D eigenvalue weighted by Crippen LogP contribution is -2.40. The summed E-state index contributed by atoms with van der Waals surface area (Å²) in [6.45, 7) is -2.00. The number of aromatic nitrogens is 3. The van der Waals surface area contributed by atoms with Crippen LogP contribution in [-0.4, -0.2) is 44.8 Å². The van der Waals surface area contributed by atoms with Crippen molar-refractivity contribution in [1.29, 1.82) is 0 Å². The summed E-state index contributed by atoms with van der Waals surface area (Å²) in [5.74, 6) is -1.12. The number of carboxylic acid groups (broad SMARTS) is 1. The zero-order valence-electron chi connectivity index (χ0n) is 9.44. The van der Waals surface area contributed by atoms with Crippen molar-refractivity contribution in [2.45, 2.75) is 19.3 Å². The molecular weight excluding hydrogens is 271 g/mol. The second-order valence-corrected chi connectivity index (χ2v) is 3.45. The zero-order chi connectivity index (χ0) is 14.5. The van der Waals surface area contributed by atoms with Gasteiger partial charge in [-0.3, -0.25) is 4.79 Å². The van der Waals surface area contributed by atoms with Gasteiger partial charge in [0.15, 0.2) is 0 Å². The van der Waals surface area contributed by atoms with Gasteiger partial charge < -0.3 is 15.7 Å². The molecule has 1 aromatic rings. The molecule has 1 aromatic heterocycles. The number of urea groups is 1. The van der Waals surface area contributed by atoms with E-state index >= 15 is 0 Å². The van der Waals surface area contributed by atoms with Gasteiger partial charge >= 0.3 is 18.2 Å². The van der Waals surface area contributed by atoms with Crippen molar-refractivity contribution in [2.75, 3.05) is 6.54 Å². The molecular formula is C8H10F3N5O3. The number of aliphatic carboxylic acids is 1. The standard InChI is InChI=1S/C8H10F3N5O3/c9-8(10,11)4-13-7(19)12-1-5-2-16(15-14-5)3-6(17)18/h2H,1,3-4H2,(H,17,18)(H2,12,13,19). The molecule has 8 nitrogen and oxygen atoms in total. The minimum absolute atomic E-state index is 0.163. The summed E-state index contributed by atoms with van der Waals surface area (Å²) < 4.78 is 36.4. The molecule has 0 aliphatic heterocycles. The summed E-state index contributed by atoms with van der Waals surface area (Å²) in [5, 5.41) is 19.2. The molecule has 0 spiro atoms. The monoisotopic (exact) mass is 281 g/mol. The fourth-order valence-corrected chi connectivity index (χ4v) is 1.05. The molecule has 106 valence electrons. The molecule has 0 atom stereocenters. The van der Waals surface area contributed by atoms with Crippen LogP contribution < -0.4 is 10.6 Å². The van der Waals surface area contributed by atoms with E-state index in [-0.39, 0.29) is 12.2 Å². The van der Waals surface area contributed by atoms with Crippen molar-refractivity contribution in [1.82, 2.24) is 25.6 Å². The Hall–Kier alpha value is -2.33. The number of alkyl halides is 3. The van der Waals surface area contributed by atoms with Crippen molar-refractivity contribution in [3.8, 4) is 0 Å². The molecule has 11 heteroatoms. The number of nitrogens with zero attached hydrogens (tertiary/aromatic N) is 3. The summed E-state index contributed by atoms with van der Waals surface area (Å²) in [7, 11) is 0. The number of carbonyl (C=O) groups excluding carboxylic acids is 1. The predicted molar refractivity (Wildman–Crippen MR) is 54.0 cm³/mol. The van der Waals surface area contributed by atoms with Gasteiger partial charge in [0, 0.05) is 0 Å². The first-order valence-electron chi connectivity index (χ1n) is 4.95. The van der Waals surface area contributed by atoms with E-state index in [1.807, 2.05) is 0 Å². The predicted octanol–water partition coefficient (Wildman–Crippen LogP) is -0.276. The molecule has 3 N–H and O–H groups in total. The van der Waals surface area contributed by atoms with E-state index in [0.29, 0.717) is 0 Å². The van der Waals surface area contributed by atoms with Crippen LogP contribution in [0.25, 0.3) is 0 Å². The largest absolute Gasteiger partial charge is 0.480 e. The quantitative estimate of drug-likeness (QED) is 0.688. The summed E-state index contributed by atoms with van der Waals surface area (Å²) in [6, 6.07) is -1.01. The summed E-state index contributed by atoms with van der Waals surface area (Å²) in [6.07, 6.45) is -3.22. The molecule has 0 saturated heterocycles. The Morgan fingerprint density at radius 1 is 1.37 bits per heavy atom. The molecule has 0 saturated carbocycles. The molecule has 1 heterocycles. The molecule has 0 fully saturated rings. The second kappa shape index (κ2) is 6.02. The minimum atomic E-state index is -4.48. The first-order chi connectivity index (χ1) is 8.76. The second-order valence-electron chi connectivity index (χ2n) is 3.45. The average Bonchev–Trinajstić information content (AvgIpc) is 2.69. The van der Waals surface area contributed by atoms with E-state index in [1.165, 1.54) is 6.20 Å². The third kappa shape index (κ3) is 6.24. The van der Waals surface area contributed by atoms with Crippen LogP contribution >= 0.6 is 0 Å². The Kier molecular flexibility index (Phi) is 4.67. The Balaban J connectivity index is 2.34. The first-order valence-corrected chi connectivity index (χ1v) is 4.95. The molecule has 1 rings (SSSR count). The van der Waals surface area contributed by atoms with Gasteiger partial charge in [-0.2, -0.15) is 13.2 Å². The lowest BCUT2D eigenvalue weighted by molar-refractivity contribution is -0.138. The number of hydrogen-bond acceptors (Lipinski definition) is 4. The van der Waals surface area contributed by atoms with Gasteiger partial charge in [-0.25, -0.2) is 9.48 Å². The summed E-state index contributed by atoms with van der Waals surface area (Å²) >= 11 is 0. The molecule has 0 aliphatic rings. The highest BCUT2D eigenvalue weighted by atomic mass is 19.4. The Morgan fingerprint density at radius 3 is 2.63 bits per heavy atom. The molecule has 0 radical (unpaired) electrons. The number of halogens is 3. The van der Waals surface area contributed by atoms with Gasteiger partial charge in [0.1, 0.15) is 18.8 Å². The van der Waals surface area contributed by atoms with E-state index in [2.05, 4.69) is 15.6 Å². The minimum Gasteiger partial charge on any atom is -0.480 e. The number of nitrogens with one attached hydrogen (secondary N) is 2. The van der Waals surface area contributed by atoms with E-state index < -0.39 is 31.3 Å². The maximum Gasteiger partial charge on any atom is 0.405 e. The van der Waals surface area contributed by atoms with Gasteiger partial charge in [0.25, 0.3) is 0 Å². The maximum absolute atomic E-state index is 11.8. The number of amides is 2. The number of hydrogen-bond donors (Lipinski definition) is 3. The van der Waals surface area contributed by atoms with Gasteiger partial charge in [-0.1, -0.05) is 5.21 Å². The number of rotatable bonds is 5. The van der Waals surface area contributed by atoms with Crippen LogP contribution in [0.3, 0.4) is 0 Å². The van der Waals surface area contributed by atoms with Gasteiger partial charge in [-0.05, 0) is 0 Å². The highest BCUT2D eigenvalue weighted by Gasteiger charge is 2.27. The first kappa shape index (κ1) is 14.7. The molecule has 19 heavy (non-hydrogen) atoms. The van der Waals surface area contributed by atoms with E-state index in [0.717, 1.165) is 4.68 Å².